The number of hydrogen-bond acceptors (Lipinski definition) is 5. The predicted molar refractivity (Wildman–Crippen MR) is 107 cm³/mol. The molecular formula is C19H15ClN4OS. The van der Waals surface area contributed by atoms with E-state index in [9.17, 15) is 4.79 Å². The number of thiazole rings is 1. The summed E-state index contributed by atoms with van der Waals surface area (Å²) in [6, 6.07) is 13.2. The second kappa shape index (κ2) is 6.90. The molecule has 0 fully saturated rings. The second-order valence-electron chi connectivity index (χ2n) is 5.92. The number of nitrogens with zero attached hydrogens (tertiary/aromatic N) is 3. The predicted octanol–water partition coefficient (Wildman–Crippen LogP) is 4.61. The highest BCUT2D eigenvalue weighted by atomic mass is 35.5. The normalized spacial score (nSPS) is 11.0. The molecule has 0 saturated carbocycles. The molecule has 1 N–H and O–H groups in total. The lowest BCUT2D eigenvalue weighted by Crippen LogP contribution is -2.21. The van der Waals surface area contributed by atoms with Crippen LogP contribution < -0.4 is 10.9 Å². The van der Waals surface area contributed by atoms with Crippen LogP contribution in [0.1, 0.15) is 11.3 Å². The molecule has 2 heterocycles. The van der Waals surface area contributed by atoms with Gasteiger partial charge in [-0.1, -0.05) is 29.8 Å². The van der Waals surface area contributed by atoms with Crippen LogP contribution in [0.5, 0.6) is 0 Å². The summed E-state index contributed by atoms with van der Waals surface area (Å²) in [7, 11) is 0. The molecule has 0 unspecified atom stereocenters. The van der Waals surface area contributed by atoms with Crippen molar-refractivity contribution in [1.29, 1.82) is 0 Å². The Morgan fingerprint density at radius 2 is 2.08 bits per heavy atom. The zero-order chi connectivity index (χ0) is 18.1. The van der Waals surface area contributed by atoms with Crippen LogP contribution in [0, 0.1) is 6.92 Å². The Morgan fingerprint density at radius 1 is 1.23 bits per heavy atom. The number of halogens is 1. The Labute approximate surface area is 158 Å². The van der Waals surface area contributed by atoms with Gasteiger partial charge in [0.1, 0.15) is 0 Å². The topological polar surface area (TPSA) is 59.8 Å². The first-order valence-corrected chi connectivity index (χ1v) is 9.28. The number of hydrogen-bond donors (Lipinski definition) is 1. The molecule has 26 heavy (non-hydrogen) atoms. The summed E-state index contributed by atoms with van der Waals surface area (Å²) in [5.74, 6) is 0. The van der Waals surface area contributed by atoms with Gasteiger partial charge in [-0.15, -0.1) is 11.3 Å². The standard InChI is InChI=1S/C19H15ClN4OS/c1-12-4-2-3-5-16(12)23-19-22-14(10-26-19)9-24-11-21-17-7-6-13(20)8-15(17)18(24)25/h2-8,10-11H,9H2,1H3,(H,22,23). The van der Waals surface area contributed by atoms with Gasteiger partial charge >= 0.3 is 0 Å². The van der Waals surface area contributed by atoms with Gasteiger partial charge in [0.15, 0.2) is 5.13 Å². The van der Waals surface area contributed by atoms with Crippen molar-refractivity contribution in [3.8, 4) is 0 Å². The van der Waals surface area contributed by atoms with Gasteiger partial charge in [0, 0.05) is 16.1 Å². The Kier molecular flexibility index (Phi) is 4.44. The highest BCUT2D eigenvalue weighted by Gasteiger charge is 2.08. The summed E-state index contributed by atoms with van der Waals surface area (Å²) >= 11 is 7.51. The van der Waals surface area contributed by atoms with E-state index >= 15 is 0 Å². The fourth-order valence-corrected chi connectivity index (χ4v) is 3.57. The van der Waals surface area contributed by atoms with E-state index < -0.39 is 0 Å². The molecule has 2 aromatic carbocycles. The minimum atomic E-state index is -0.126. The van der Waals surface area contributed by atoms with Crippen molar-refractivity contribution in [1.82, 2.24) is 14.5 Å². The molecule has 0 amide bonds. The van der Waals surface area contributed by atoms with Crippen LogP contribution in [0.15, 0.2) is 59.0 Å². The molecule has 2 aromatic heterocycles. The highest BCUT2D eigenvalue weighted by Crippen LogP contribution is 2.23. The van der Waals surface area contributed by atoms with Crippen LogP contribution in [0.2, 0.25) is 5.02 Å². The van der Waals surface area contributed by atoms with Crippen molar-refractivity contribution in [2.24, 2.45) is 0 Å². The van der Waals surface area contributed by atoms with Gasteiger partial charge in [-0.05, 0) is 36.8 Å². The van der Waals surface area contributed by atoms with Gasteiger partial charge in [-0.3, -0.25) is 9.36 Å². The number of aryl methyl sites for hydroxylation is 1. The van der Waals surface area contributed by atoms with Crippen LogP contribution >= 0.6 is 22.9 Å². The number of fused-ring (bicyclic) bond motifs is 1. The molecule has 0 aliphatic heterocycles. The van der Waals surface area contributed by atoms with E-state index in [0.717, 1.165) is 22.1 Å². The molecule has 4 aromatic rings. The molecule has 0 aliphatic carbocycles. The number of benzene rings is 2. The number of aromatic nitrogens is 3. The maximum absolute atomic E-state index is 12.7. The zero-order valence-electron chi connectivity index (χ0n) is 13.9. The Bertz CT molecular complexity index is 1150. The highest BCUT2D eigenvalue weighted by molar-refractivity contribution is 7.13. The van der Waals surface area contributed by atoms with Crippen molar-refractivity contribution in [2.75, 3.05) is 5.32 Å². The largest absolute Gasteiger partial charge is 0.331 e. The first kappa shape index (κ1) is 16.8. The first-order valence-electron chi connectivity index (χ1n) is 8.02. The quantitative estimate of drug-likeness (QED) is 0.560. The third-order valence-corrected chi connectivity index (χ3v) is 5.10. The van der Waals surface area contributed by atoms with Crippen LogP contribution in [0.3, 0.4) is 0 Å². The molecule has 0 radical (unpaired) electrons. The molecule has 0 spiro atoms. The number of rotatable bonds is 4. The smallest absolute Gasteiger partial charge is 0.261 e. The monoisotopic (exact) mass is 382 g/mol. The summed E-state index contributed by atoms with van der Waals surface area (Å²) < 4.78 is 1.55. The van der Waals surface area contributed by atoms with Crippen molar-refractivity contribution >= 4 is 44.7 Å². The molecule has 0 saturated heterocycles. The summed E-state index contributed by atoms with van der Waals surface area (Å²) in [5, 5.41) is 7.08. The van der Waals surface area contributed by atoms with Crippen molar-refractivity contribution in [2.45, 2.75) is 13.5 Å². The molecule has 0 atom stereocenters. The maximum atomic E-state index is 12.7. The lowest BCUT2D eigenvalue weighted by molar-refractivity contribution is 0.734. The van der Waals surface area contributed by atoms with Gasteiger partial charge in [0.05, 0.1) is 29.5 Å². The Hall–Kier alpha value is -2.70. The fourth-order valence-electron chi connectivity index (χ4n) is 2.68. The van der Waals surface area contributed by atoms with Crippen molar-refractivity contribution < 1.29 is 0 Å². The lowest BCUT2D eigenvalue weighted by atomic mass is 10.2. The van der Waals surface area contributed by atoms with Crippen molar-refractivity contribution in [3.63, 3.8) is 0 Å². The number of anilines is 2. The minimum Gasteiger partial charge on any atom is -0.331 e. The van der Waals surface area contributed by atoms with Crippen LogP contribution in [-0.4, -0.2) is 14.5 Å². The first-order chi connectivity index (χ1) is 12.6. The van der Waals surface area contributed by atoms with Crippen LogP contribution in [0.25, 0.3) is 10.9 Å². The average molecular weight is 383 g/mol. The average Bonchev–Trinajstić information content (AvgIpc) is 3.07. The van der Waals surface area contributed by atoms with E-state index in [-0.39, 0.29) is 5.56 Å². The third kappa shape index (κ3) is 3.34. The van der Waals surface area contributed by atoms with E-state index in [4.69, 9.17) is 11.6 Å². The van der Waals surface area contributed by atoms with E-state index in [1.807, 2.05) is 36.6 Å². The SMILES string of the molecule is Cc1ccccc1Nc1nc(Cn2cnc3ccc(Cl)cc3c2=O)cs1. The van der Waals surface area contributed by atoms with E-state index in [1.165, 1.54) is 11.3 Å². The van der Waals surface area contributed by atoms with E-state index in [2.05, 4.69) is 15.3 Å². The summed E-state index contributed by atoms with van der Waals surface area (Å²) in [6.07, 6.45) is 1.55. The number of nitrogens with one attached hydrogen (secondary N) is 1. The molecule has 5 nitrogen and oxygen atoms in total. The molecule has 7 heteroatoms. The third-order valence-electron chi connectivity index (χ3n) is 4.06. The number of para-hydroxylation sites is 1. The lowest BCUT2D eigenvalue weighted by Gasteiger charge is -2.06. The van der Waals surface area contributed by atoms with Crippen LogP contribution in [0.4, 0.5) is 10.8 Å². The van der Waals surface area contributed by atoms with Gasteiger partial charge < -0.3 is 5.32 Å². The Balaban J connectivity index is 1.60. The minimum absolute atomic E-state index is 0.126. The molecule has 4 rings (SSSR count). The summed E-state index contributed by atoms with van der Waals surface area (Å²) in [4.78, 5) is 21.6. The van der Waals surface area contributed by atoms with Gasteiger partial charge in [-0.25, -0.2) is 9.97 Å². The second-order valence-corrected chi connectivity index (χ2v) is 7.22. The molecule has 0 bridgehead atoms. The molecule has 130 valence electrons. The van der Waals surface area contributed by atoms with Gasteiger partial charge in [0.25, 0.3) is 5.56 Å². The summed E-state index contributed by atoms with van der Waals surface area (Å²) in [5.41, 5.74) is 3.48. The van der Waals surface area contributed by atoms with Gasteiger partial charge in [0.2, 0.25) is 0 Å². The summed E-state index contributed by atoms with van der Waals surface area (Å²) in [6.45, 7) is 2.41. The van der Waals surface area contributed by atoms with E-state index in [0.29, 0.717) is 22.5 Å². The Morgan fingerprint density at radius 3 is 2.92 bits per heavy atom. The maximum Gasteiger partial charge on any atom is 0.261 e. The molecular weight excluding hydrogens is 368 g/mol. The van der Waals surface area contributed by atoms with Gasteiger partial charge in [-0.2, -0.15) is 0 Å². The van der Waals surface area contributed by atoms with Crippen LogP contribution in [-0.2, 0) is 6.54 Å². The van der Waals surface area contributed by atoms with E-state index in [1.54, 1.807) is 29.1 Å². The molecule has 0 aliphatic rings. The zero-order valence-corrected chi connectivity index (χ0v) is 15.5. The van der Waals surface area contributed by atoms with Crippen molar-refractivity contribution in [3.05, 3.63) is 80.8 Å². The fraction of sp³-hybridized carbons (Fsp3) is 0.105.